The van der Waals surface area contributed by atoms with Crippen LogP contribution in [-0.4, -0.2) is 32.6 Å². The Morgan fingerprint density at radius 2 is 2.39 bits per heavy atom. The molecule has 96 valence electrons. The van der Waals surface area contributed by atoms with Crippen molar-refractivity contribution in [3.05, 3.63) is 33.8 Å². The van der Waals surface area contributed by atoms with Crippen LogP contribution in [0.1, 0.15) is 21.6 Å². The van der Waals surface area contributed by atoms with E-state index >= 15 is 0 Å². The van der Waals surface area contributed by atoms with Gasteiger partial charge in [-0.2, -0.15) is 11.3 Å². The van der Waals surface area contributed by atoms with Crippen molar-refractivity contribution in [1.82, 2.24) is 20.3 Å². The number of carbonyl (C=O) groups is 1. The number of carboxylic acids is 1. The van der Waals surface area contributed by atoms with Crippen molar-refractivity contribution in [2.75, 3.05) is 6.54 Å². The lowest BCUT2D eigenvalue weighted by molar-refractivity contribution is 0.0690. The molecule has 18 heavy (non-hydrogen) atoms. The average molecular weight is 266 g/mol. The summed E-state index contributed by atoms with van der Waals surface area (Å²) in [4.78, 5) is 10.6. The molecule has 2 heterocycles. The SMILES string of the molecule is Cc1cscc1CNCCn1cc(C(=O)O)nn1. The van der Waals surface area contributed by atoms with Gasteiger partial charge in [-0.05, 0) is 28.8 Å². The van der Waals surface area contributed by atoms with Gasteiger partial charge in [0.2, 0.25) is 0 Å². The second-order valence-corrected chi connectivity index (χ2v) is 4.67. The van der Waals surface area contributed by atoms with E-state index in [0.717, 1.165) is 13.1 Å². The highest BCUT2D eigenvalue weighted by Crippen LogP contribution is 2.12. The van der Waals surface area contributed by atoms with Gasteiger partial charge in [-0.15, -0.1) is 5.10 Å². The lowest BCUT2D eigenvalue weighted by atomic mass is 10.2. The van der Waals surface area contributed by atoms with Crippen molar-refractivity contribution in [3.63, 3.8) is 0 Å². The standard InChI is InChI=1S/C11H14N4O2S/c1-8-6-18-7-9(8)4-12-2-3-15-5-10(11(16)17)13-14-15/h5-7,12H,2-4H2,1H3,(H,16,17). The minimum atomic E-state index is -1.05. The molecular weight excluding hydrogens is 252 g/mol. The minimum Gasteiger partial charge on any atom is -0.476 e. The predicted octanol–water partition coefficient (Wildman–Crippen LogP) is 1.14. The fraction of sp³-hybridized carbons (Fsp3) is 0.364. The summed E-state index contributed by atoms with van der Waals surface area (Å²) in [5.74, 6) is -1.05. The molecule has 2 N–H and O–H groups in total. The highest BCUT2D eigenvalue weighted by atomic mass is 32.1. The molecule has 2 rings (SSSR count). The van der Waals surface area contributed by atoms with Crippen LogP contribution in [0, 0.1) is 6.92 Å². The summed E-state index contributed by atoms with van der Waals surface area (Å²) in [7, 11) is 0. The molecule has 0 fully saturated rings. The van der Waals surface area contributed by atoms with Crippen molar-refractivity contribution >= 4 is 17.3 Å². The van der Waals surface area contributed by atoms with Gasteiger partial charge in [0.25, 0.3) is 0 Å². The lowest BCUT2D eigenvalue weighted by Crippen LogP contribution is -2.19. The molecule has 2 aromatic heterocycles. The Balaban J connectivity index is 1.75. The van der Waals surface area contributed by atoms with Gasteiger partial charge in [-0.25, -0.2) is 4.79 Å². The number of thiophene rings is 1. The number of aromatic carboxylic acids is 1. The number of rotatable bonds is 6. The third-order valence-corrected chi connectivity index (χ3v) is 3.46. The second-order valence-electron chi connectivity index (χ2n) is 3.93. The minimum absolute atomic E-state index is 0.0244. The first-order chi connectivity index (χ1) is 8.66. The molecule has 0 spiro atoms. The Kier molecular flexibility index (Phi) is 4.06. The number of carboxylic acid groups (broad SMARTS) is 1. The molecule has 0 saturated carbocycles. The van der Waals surface area contributed by atoms with Crippen molar-refractivity contribution in [1.29, 1.82) is 0 Å². The Morgan fingerprint density at radius 3 is 3.00 bits per heavy atom. The van der Waals surface area contributed by atoms with E-state index in [1.807, 2.05) is 0 Å². The van der Waals surface area contributed by atoms with E-state index in [1.165, 1.54) is 22.0 Å². The number of nitrogens with zero attached hydrogens (tertiary/aromatic N) is 3. The van der Waals surface area contributed by atoms with Gasteiger partial charge < -0.3 is 10.4 Å². The molecule has 0 amide bonds. The fourth-order valence-electron chi connectivity index (χ4n) is 1.49. The Labute approximate surface area is 108 Å². The molecule has 0 aliphatic rings. The number of hydrogen-bond donors (Lipinski definition) is 2. The molecule has 0 aliphatic heterocycles. The molecule has 7 heteroatoms. The summed E-state index contributed by atoms with van der Waals surface area (Å²) >= 11 is 1.69. The smallest absolute Gasteiger partial charge is 0.358 e. The molecule has 0 aromatic carbocycles. The zero-order valence-corrected chi connectivity index (χ0v) is 10.8. The molecule has 6 nitrogen and oxygen atoms in total. The van der Waals surface area contributed by atoms with Gasteiger partial charge in [0.1, 0.15) is 0 Å². The van der Waals surface area contributed by atoms with Crippen LogP contribution >= 0.6 is 11.3 Å². The van der Waals surface area contributed by atoms with Crippen LogP contribution in [-0.2, 0) is 13.1 Å². The van der Waals surface area contributed by atoms with Gasteiger partial charge in [0, 0.05) is 13.1 Å². The van der Waals surface area contributed by atoms with Crippen LogP contribution in [0.2, 0.25) is 0 Å². The van der Waals surface area contributed by atoms with Gasteiger partial charge >= 0.3 is 5.97 Å². The fourth-order valence-corrected chi connectivity index (χ4v) is 2.35. The van der Waals surface area contributed by atoms with Crippen LogP contribution in [0.3, 0.4) is 0 Å². The topological polar surface area (TPSA) is 80.0 Å². The van der Waals surface area contributed by atoms with Crippen LogP contribution < -0.4 is 5.32 Å². The molecule has 0 saturated heterocycles. The molecular formula is C11H14N4O2S. The van der Waals surface area contributed by atoms with E-state index in [1.54, 1.807) is 11.3 Å². The largest absolute Gasteiger partial charge is 0.476 e. The van der Waals surface area contributed by atoms with E-state index in [0.29, 0.717) is 6.54 Å². The van der Waals surface area contributed by atoms with Crippen molar-refractivity contribution in [2.45, 2.75) is 20.0 Å². The van der Waals surface area contributed by atoms with E-state index < -0.39 is 5.97 Å². The summed E-state index contributed by atoms with van der Waals surface area (Å²) in [6.07, 6.45) is 1.43. The molecule has 0 unspecified atom stereocenters. The first kappa shape index (κ1) is 12.7. The third-order valence-electron chi connectivity index (χ3n) is 2.55. The first-order valence-corrected chi connectivity index (χ1v) is 6.47. The van der Waals surface area contributed by atoms with Crippen LogP contribution in [0.15, 0.2) is 17.0 Å². The van der Waals surface area contributed by atoms with Crippen LogP contribution in [0.4, 0.5) is 0 Å². The van der Waals surface area contributed by atoms with E-state index in [4.69, 9.17) is 5.11 Å². The Bertz CT molecular complexity index is 535. The number of nitrogens with one attached hydrogen (secondary N) is 1. The van der Waals surface area contributed by atoms with Gasteiger partial charge in [0.05, 0.1) is 12.7 Å². The Morgan fingerprint density at radius 1 is 1.56 bits per heavy atom. The zero-order valence-electron chi connectivity index (χ0n) is 9.96. The highest BCUT2D eigenvalue weighted by Gasteiger charge is 2.07. The highest BCUT2D eigenvalue weighted by molar-refractivity contribution is 7.08. The van der Waals surface area contributed by atoms with E-state index in [2.05, 4.69) is 33.3 Å². The summed E-state index contributed by atoms with van der Waals surface area (Å²) in [6.45, 7) is 4.22. The van der Waals surface area contributed by atoms with Crippen LogP contribution in [0.5, 0.6) is 0 Å². The maximum atomic E-state index is 10.6. The summed E-state index contributed by atoms with van der Waals surface area (Å²) in [5, 5.41) is 23.5. The van der Waals surface area contributed by atoms with E-state index in [-0.39, 0.29) is 5.69 Å². The number of aromatic nitrogens is 3. The van der Waals surface area contributed by atoms with E-state index in [9.17, 15) is 4.79 Å². The van der Waals surface area contributed by atoms with Crippen molar-refractivity contribution < 1.29 is 9.90 Å². The second kappa shape index (κ2) is 5.74. The maximum Gasteiger partial charge on any atom is 0.358 e. The summed E-state index contributed by atoms with van der Waals surface area (Å²) < 4.78 is 1.52. The molecule has 0 aliphatic carbocycles. The van der Waals surface area contributed by atoms with Crippen molar-refractivity contribution in [2.24, 2.45) is 0 Å². The number of aryl methyl sites for hydroxylation is 1. The quantitative estimate of drug-likeness (QED) is 0.766. The summed E-state index contributed by atoms with van der Waals surface area (Å²) in [5.41, 5.74) is 2.56. The molecule has 0 bridgehead atoms. The molecule has 0 atom stereocenters. The molecule has 0 radical (unpaired) electrons. The van der Waals surface area contributed by atoms with Gasteiger partial charge in [0.15, 0.2) is 5.69 Å². The lowest BCUT2D eigenvalue weighted by Gasteiger charge is -2.04. The summed E-state index contributed by atoms with van der Waals surface area (Å²) in [6, 6.07) is 0. The maximum absolute atomic E-state index is 10.6. The monoisotopic (exact) mass is 266 g/mol. The molecule has 2 aromatic rings. The zero-order chi connectivity index (χ0) is 13.0. The first-order valence-electron chi connectivity index (χ1n) is 5.52. The Hall–Kier alpha value is -1.73. The normalized spacial score (nSPS) is 10.7. The van der Waals surface area contributed by atoms with Crippen LogP contribution in [0.25, 0.3) is 0 Å². The predicted molar refractivity (Wildman–Crippen MR) is 67.7 cm³/mol. The number of hydrogen-bond acceptors (Lipinski definition) is 5. The van der Waals surface area contributed by atoms with Gasteiger partial charge in [-0.1, -0.05) is 5.21 Å². The third kappa shape index (κ3) is 3.14. The average Bonchev–Trinajstić information content (AvgIpc) is 2.94. The van der Waals surface area contributed by atoms with Crippen molar-refractivity contribution in [3.8, 4) is 0 Å². The van der Waals surface area contributed by atoms with Gasteiger partial charge in [-0.3, -0.25) is 4.68 Å².